The second-order valence-electron chi connectivity index (χ2n) is 13.6. The normalized spacial score (nSPS) is 13.2. The van der Waals surface area contributed by atoms with E-state index < -0.39 is 0 Å². The zero-order valence-corrected chi connectivity index (χ0v) is 29.3. The molecule has 51 heavy (non-hydrogen) atoms. The molecule has 2 aromatic heterocycles. The second-order valence-corrected chi connectivity index (χ2v) is 14.7. The van der Waals surface area contributed by atoms with Gasteiger partial charge < -0.3 is 4.57 Å². The molecule has 0 bridgehead atoms. The van der Waals surface area contributed by atoms with E-state index in [0.29, 0.717) is 0 Å². The number of para-hydroxylation sites is 1. The van der Waals surface area contributed by atoms with E-state index in [1.165, 1.54) is 103 Å². The average Bonchev–Trinajstić information content (AvgIpc) is 3.72. The standard InChI is InChI=1S/C49H35NS/c1-3-12-43-45-29-33(23-26-49(45)51-48(43)4-2)34-22-25-42-41-19-9-10-20-46(41)50(47(42)30-34)35-14-11-13-31(27-35)32-21-24-40-38-17-6-5-15-36(38)37-16-7-8-18-39(37)44(40)28-32/h3-22,24-25,27-30H,2,23,26H2,1H3/b12-3-. The predicted molar refractivity (Wildman–Crippen MR) is 224 cm³/mol. The van der Waals surface area contributed by atoms with Gasteiger partial charge in [-0.2, -0.15) is 0 Å². The Kier molecular flexibility index (Phi) is 6.94. The lowest BCUT2D eigenvalue weighted by Gasteiger charge is -2.16. The summed E-state index contributed by atoms with van der Waals surface area (Å²) in [7, 11) is 0. The van der Waals surface area contributed by atoms with Gasteiger partial charge in [0.15, 0.2) is 0 Å². The lowest BCUT2D eigenvalue weighted by molar-refractivity contribution is 1.03. The number of hydrogen-bond acceptors (Lipinski definition) is 1. The van der Waals surface area contributed by atoms with E-state index in [0.717, 1.165) is 12.8 Å². The van der Waals surface area contributed by atoms with E-state index >= 15 is 0 Å². The number of aromatic nitrogens is 1. The maximum atomic E-state index is 4.10. The molecule has 0 spiro atoms. The molecule has 10 rings (SSSR count). The van der Waals surface area contributed by atoms with Gasteiger partial charge in [-0.1, -0.05) is 128 Å². The van der Waals surface area contributed by atoms with Crippen molar-refractivity contribution >= 4 is 89.3 Å². The summed E-state index contributed by atoms with van der Waals surface area (Å²) in [4.78, 5) is 2.72. The first-order chi connectivity index (χ1) is 25.2. The minimum atomic E-state index is 1.03. The quantitative estimate of drug-likeness (QED) is 0.161. The molecular weight excluding hydrogens is 635 g/mol. The van der Waals surface area contributed by atoms with Gasteiger partial charge in [-0.3, -0.25) is 0 Å². The van der Waals surface area contributed by atoms with Crippen molar-refractivity contribution in [1.82, 2.24) is 4.57 Å². The Morgan fingerprint density at radius 3 is 1.94 bits per heavy atom. The number of hydrogen-bond donors (Lipinski definition) is 0. The van der Waals surface area contributed by atoms with E-state index in [2.05, 4.69) is 170 Å². The third-order valence-electron chi connectivity index (χ3n) is 10.8. The molecule has 7 aromatic carbocycles. The summed E-state index contributed by atoms with van der Waals surface area (Å²) in [6.45, 7) is 6.20. The Hall–Kier alpha value is -5.96. The Morgan fingerprint density at radius 1 is 0.569 bits per heavy atom. The average molecular weight is 670 g/mol. The highest BCUT2D eigenvalue weighted by atomic mass is 32.1. The molecule has 9 aromatic rings. The molecule has 0 saturated carbocycles. The van der Waals surface area contributed by atoms with Crippen LogP contribution >= 0.6 is 11.3 Å². The van der Waals surface area contributed by atoms with Gasteiger partial charge in [0.2, 0.25) is 0 Å². The summed E-state index contributed by atoms with van der Waals surface area (Å²) in [5.74, 6) is 0. The van der Waals surface area contributed by atoms with E-state index in [4.69, 9.17) is 0 Å². The van der Waals surface area contributed by atoms with Crippen LogP contribution in [0, 0.1) is 0 Å². The van der Waals surface area contributed by atoms with E-state index in [9.17, 15) is 0 Å². The van der Waals surface area contributed by atoms with Crippen LogP contribution in [0.3, 0.4) is 0 Å². The maximum absolute atomic E-state index is 4.10. The smallest absolute Gasteiger partial charge is 0.0547 e. The molecule has 242 valence electrons. The van der Waals surface area contributed by atoms with Crippen LogP contribution in [-0.2, 0) is 6.42 Å². The fourth-order valence-electron chi connectivity index (χ4n) is 8.44. The molecule has 2 heteroatoms. The van der Waals surface area contributed by atoms with Crippen LogP contribution in [0.25, 0.3) is 94.7 Å². The molecule has 0 unspecified atom stereocenters. The van der Waals surface area contributed by atoms with Gasteiger partial charge in [-0.25, -0.2) is 0 Å². The number of fused-ring (bicyclic) bond motifs is 10. The Morgan fingerprint density at radius 2 is 1.20 bits per heavy atom. The number of thiophene rings is 1. The van der Waals surface area contributed by atoms with Crippen LogP contribution < -0.4 is 0 Å². The van der Waals surface area contributed by atoms with Gasteiger partial charge in [0.05, 0.1) is 11.0 Å². The molecule has 0 fully saturated rings. The maximum Gasteiger partial charge on any atom is 0.0547 e. The molecule has 1 nitrogen and oxygen atoms in total. The first kappa shape index (κ1) is 29.9. The van der Waals surface area contributed by atoms with Crippen LogP contribution in [0.1, 0.15) is 39.8 Å². The van der Waals surface area contributed by atoms with Crippen LogP contribution in [-0.4, -0.2) is 4.57 Å². The van der Waals surface area contributed by atoms with Gasteiger partial charge in [0.1, 0.15) is 0 Å². The zero-order valence-electron chi connectivity index (χ0n) is 28.5. The van der Waals surface area contributed by atoms with Gasteiger partial charge in [-0.05, 0) is 122 Å². The van der Waals surface area contributed by atoms with E-state index in [-0.39, 0.29) is 0 Å². The Balaban J connectivity index is 1.14. The van der Waals surface area contributed by atoms with Crippen molar-refractivity contribution in [3.63, 3.8) is 0 Å². The molecule has 1 aliphatic rings. The van der Waals surface area contributed by atoms with Crippen molar-refractivity contribution in [3.05, 3.63) is 173 Å². The van der Waals surface area contributed by atoms with E-state index in [1.807, 2.05) is 17.4 Å². The van der Waals surface area contributed by atoms with Gasteiger partial charge >= 0.3 is 0 Å². The van der Waals surface area contributed by atoms with Crippen molar-refractivity contribution in [2.24, 2.45) is 0 Å². The number of rotatable bonds is 5. The molecule has 0 atom stereocenters. The summed E-state index contributed by atoms with van der Waals surface area (Å²) in [5, 5.41) is 10.3. The van der Waals surface area contributed by atoms with Crippen molar-refractivity contribution in [1.29, 1.82) is 0 Å². The highest BCUT2D eigenvalue weighted by molar-refractivity contribution is 7.13. The largest absolute Gasteiger partial charge is 0.309 e. The molecule has 0 amide bonds. The molecule has 0 radical (unpaired) electrons. The molecule has 1 aliphatic carbocycles. The summed E-state index contributed by atoms with van der Waals surface area (Å²) in [6, 6.07) is 49.6. The predicted octanol–water partition coefficient (Wildman–Crippen LogP) is 14.1. The van der Waals surface area contributed by atoms with Gasteiger partial charge in [-0.15, -0.1) is 11.3 Å². The van der Waals surface area contributed by atoms with Gasteiger partial charge in [0.25, 0.3) is 0 Å². The minimum Gasteiger partial charge on any atom is -0.309 e. The fourth-order valence-corrected chi connectivity index (χ4v) is 9.56. The highest BCUT2D eigenvalue weighted by Crippen LogP contribution is 2.42. The van der Waals surface area contributed by atoms with Crippen molar-refractivity contribution in [2.75, 3.05) is 0 Å². The Labute approximate surface area is 301 Å². The third kappa shape index (κ3) is 4.67. The Bertz CT molecular complexity index is 2910. The lowest BCUT2D eigenvalue weighted by atomic mass is 9.90. The second kappa shape index (κ2) is 11.8. The summed E-state index contributed by atoms with van der Waals surface area (Å²) in [5.41, 5.74) is 11.4. The first-order valence-electron chi connectivity index (χ1n) is 17.8. The molecule has 0 saturated heterocycles. The molecule has 0 aliphatic heterocycles. The summed E-state index contributed by atoms with van der Waals surface area (Å²) >= 11 is 1.89. The fraction of sp³-hybridized carbons (Fsp3) is 0.0612. The molecule has 2 heterocycles. The minimum absolute atomic E-state index is 1.03. The van der Waals surface area contributed by atoms with Crippen molar-refractivity contribution < 1.29 is 0 Å². The summed E-state index contributed by atoms with van der Waals surface area (Å²) in [6.07, 6.45) is 10.9. The summed E-state index contributed by atoms with van der Waals surface area (Å²) < 4.78 is 2.46. The monoisotopic (exact) mass is 669 g/mol. The van der Waals surface area contributed by atoms with Crippen LogP contribution in [0.5, 0.6) is 0 Å². The van der Waals surface area contributed by atoms with Crippen molar-refractivity contribution in [3.8, 4) is 16.8 Å². The SMILES string of the molecule is C=Cc1sc2c(c1/C=C\C)C=C(c1ccc3c4ccccc4n(-c4cccc(-c5ccc6c7ccccc7c7ccccc7c6c5)c4)c3c1)CC2. The number of nitrogens with zero attached hydrogens (tertiary/aromatic N) is 1. The van der Waals surface area contributed by atoms with Crippen LogP contribution in [0.4, 0.5) is 0 Å². The zero-order chi connectivity index (χ0) is 34.1. The molecular formula is C49H35NS. The molecule has 0 N–H and O–H groups in total. The van der Waals surface area contributed by atoms with Crippen molar-refractivity contribution in [2.45, 2.75) is 19.8 Å². The van der Waals surface area contributed by atoms with Crippen LogP contribution in [0.2, 0.25) is 0 Å². The number of allylic oxidation sites excluding steroid dienone is 2. The number of benzene rings is 7. The van der Waals surface area contributed by atoms with Gasteiger partial charge in [0, 0.05) is 26.2 Å². The van der Waals surface area contributed by atoms with E-state index in [1.54, 1.807) is 0 Å². The number of aryl methyl sites for hydroxylation is 1. The highest BCUT2D eigenvalue weighted by Gasteiger charge is 2.21. The lowest BCUT2D eigenvalue weighted by Crippen LogP contribution is -1.98. The van der Waals surface area contributed by atoms with Crippen LogP contribution in [0.15, 0.2) is 146 Å². The topological polar surface area (TPSA) is 4.93 Å². The first-order valence-corrected chi connectivity index (χ1v) is 18.6. The third-order valence-corrected chi connectivity index (χ3v) is 12.1.